The van der Waals surface area contributed by atoms with Crippen molar-refractivity contribution in [2.45, 2.75) is 69.8 Å². The fourth-order valence-corrected chi connectivity index (χ4v) is 6.28. The fourth-order valence-electron chi connectivity index (χ4n) is 5.95. The number of anilines is 1. The molecule has 206 valence electrons. The summed E-state index contributed by atoms with van der Waals surface area (Å²) in [6.07, 6.45) is 6.30. The lowest BCUT2D eigenvalue weighted by Gasteiger charge is -2.43. The molecule has 1 aromatic rings. The predicted molar refractivity (Wildman–Crippen MR) is 142 cm³/mol. The lowest BCUT2D eigenvalue weighted by molar-refractivity contribution is -0.158. The molecule has 0 unspecified atom stereocenters. The fraction of sp³-hybridized carbons (Fsp3) is 0.704. The third kappa shape index (κ3) is 7.35. The molecule has 0 spiro atoms. The number of aliphatic hydroxyl groups excluding tert-OH is 1. The molecule has 0 aliphatic carbocycles. The molecule has 0 aromatic heterocycles. The van der Waals surface area contributed by atoms with E-state index >= 15 is 0 Å². The second kappa shape index (κ2) is 13.2. The van der Waals surface area contributed by atoms with Crippen LogP contribution in [0.2, 0.25) is 5.02 Å². The summed E-state index contributed by atoms with van der Waals surface area (Å²) in [5.74, 6) is 0.163. The Kier molecular flexibility index (Phi) is 10.1. The first kappa shape index (κ1) is 28.1. The van der Waals surface area contributed by atoms with Gasteiger partial charge in [0.1, 0.15) is 6.10 Å². The van der Waals surface area contributed by atoms with E-state index in [0.717, 1.165) is 71.2 Å². The Bertz CT molecular complexity index is 940. The molecule has 0 radical (unpaired) electrons. The average molecular weight is 537 g/mol. The van der Waals surface area contributed by atoms with E-state index in [9.17, 15) is 14.7 Å². The number of esters is 1. The van der Waals surface area contributed by atoms with Crippen LogP contribution in [0, 0.1) is 5.92 Å². The minimum Gasteiger partial charge on any atom is -0.461 e. The van der Waals surface area contributed by atoms with Gasteiger partial charge in [0.15, 0.2) is 0 Å². The molecular formula is C27H41ClN4O5. The number of unbranched alkanes of at least 4 members (excludes halogenated alkanes) is 2. The molecule has 4 fully saturated rings. The number of hydrogen-bond donors (Lipinski definition) is 3. The summed E-state index contributed by atoms with van der Waals surface area (Å²) in [5.41, 5.74) is 6.85. The zero-order valence-corrected chi connectivity index (χ0v) is 22.5. The zero-order valence-electron chi connectivity index (χ0n) is 21.8. The standard InChI is InChI=1S/C27H41ClN4O5/c1-36-24-16-31(9-4-2-3-5-25(34)37-23-15-32-10-6-18(23)7-11-32)12-8-22(24)30-27(35)26-19(17-33)13-20(29)14-21(26)28/h13-14,18,22-24,33H,2-12,15-17,29H2,1H3,(H,30,35)/t22-,23+,24+/m1/s1. The number of likely N-dealkylation sites (tertiary alicyclic amines) is 1. The summed E-state index contributed by atoms with van der Waals surface area (Å²) in [4.78, 5) is 30.0. The number of ether oxygens (including phenoxy) is 2. The normalized spacial score (nSPS) is 27.7. The van der Waals surface area contributed by atoms with E-state index in [1.165, 1.54) is 6.07 Å². The molecule has 4 aliphatic rings. The SMILES string of the molecule is CO[C@H]1CN(CCCCCC(=O)O[C@H]2CN3CCC2CC3)CC[C@H]1NC(=O)c1c(Cl)cc(N)cc1CO. The van der Waals surface area contributed by atoms with Crippen LogP contribution in [0.25, 0.3) is 0 Å². The monoisotopic (exact) mass is 536 g/mol. The highest BCUT2D eigenvalue weighted by Gasteiger charge is 2.36. The van der Waals surface area contributed by atoms with Crippen LogP contribution in [0.15, 0.2) is 12.1 Å². The van der Waals surface area contributed by atoms with Gasteiger partial charge in [-0.3, -0.25) is 14.5 Å². The number of piperidine rings is 4. The Labute approximate surface area is 224 Å². The number of carbonyl (C=O) groups is 2. The van der Waals surface area contributed by atoms with Crippen molar-refractivity contribution in [3.05, 3.63) is 28.3 Å². The summed E-state index contributed by atoms with van der Waals surface area (Å²) in [6.45, 7) is 5.36. The number of benzene rings is 1. The first-order chi connectivity index (χ1) is 17.9. The molecule has 3 atom stereocenters. The summed E-state index contributed by atoms with van der Waals surface area (Å²) < 4.78 is 11.5. The Morgan fingerprint density at radius 3 is 2.57 bits per heavy atom. The average Bonchev–Trinajstić information content (AvgIpc) is 2.89. The van der Waals surface area contributed by atoms with Crippen molar-refractivity contribution in [2.24, 2.45) is 5.92 Å². The van der Waals surface area contributed by atoms with Crippen LogP contribution in [-0.4, -0.2) is 91.4 Å². The van der Waals surface area contributed by atoms with Gasteiger partial charge >= 0.3 is 5.97 Å². The van der Waals surface area contributed by atoms with Crippen molar-refractivity contribution in [3.8, 4) is 0 Å². The van der Waals surface area contributed by atoms with Crippen molar-refractivity contribution < 1.29 is 24.2 Å². The number of rotatable bonds is 11. The number of halogens is 1. The van der Waals surface area contributed by atoms with Gasteiger partial charge in [-0.2, -0.15) is 0 Å². The molecule has 4 saturated heterocycles. The Morgan fingerprint density at radius 1 is 1.11 bits per heavy atom. The van der Waals surface area contributed by atoms with Gasteiger partial charge < -0.3 is 30.5 Å². The maximum Gasteiger partial charge on any atom is 0.306 e. The van der Waals surface area contributed by atoms with E-state index in [1.54, 1.807) is 13.2 Å². The van der Waals surface area contributed by atoms with E-state index in [4.69, 9.17) is 26.8 Å². The molecule has 1 amide bonds. The summed E-state index contributed by atoms with van der Waals surface area (Å²) in [5, 5.41) is 12.9. The molecule has 0 saturated carbocycles. The van der Waals surface area contributed by atoms with Crippen LogP contribution < -0.4 is 11.1 Å². The minimum absolute atomic E-state index is 0.0553. The first-order valence-electron chi connectivity index (χ1n) is 13.5. The van der Waals surface area contributed by atoms with E-state index < -0.39 is 0 Å². The second-order valence-electron chi connectivity index (χ2n) is 10.6. The number of nitrogens with one attached hydrogen (secondary N) is 1. The summed E-state index contributed by atoms with van der Waals surface area (Å²) in [6, 6.07) is 2.92. The number of nitrogen functional groups attached to an aromatic ring is 1. The molecule has 5 rings (SSSR count). The third-order valence-corrected chi connectivity index (χ3v) is 8.39. The number of methoxy groups -OCH3 is 1. The number of aliphatic hydroxyl groups is 1. The molecule has 4 aliphatic heterocycles. The van der Waals surface area contributed by atoms with Crippen LogP contribution in [0.1, 0.15) is 60.9 Å². The molecule has 9 nitrogen and oxygen atoms in total. The molecule has 2 bridgehead atoms. The van der Waals surface area contributed by atoms with E-state index in [-0.39, 0.29) is 47.3 Å². The number of amides is 1. The lowest BCUT2D eigenvalue weighted by atomic mass is 9.86. The van der Waals surface area contributed by atoms with Gasteiger partial charge in [0, 0.05) is 38.9 Å². The Hall–Kier alpha value is -1.91. The smallest absolute Gasteiger partial charge is 0.306 e. The number of nitrogens with two attached hydrogens (primary N) is 1. The molecular weight excluding hydrogens is 496 g/mol. The number of nitrogens with zero attached hydrogens (tertiary/aromatic N) is 2. The van der Waals surface area contributed by atoms with Gasteiger partial charge in [-0.05, 0) is 75.4 Å². The maximum absolute atomic E-state index is 13.0. The highest BCUT2D eigenvalue weighted by atomic mass is 35.5. The quantitative estimate of drug-likeness (QED) is 0.224. The molecule has 4 N–H and O–H groups in total. The van der Waals surface area contributed by atoms with Gasteiger partial charge in [0.25, 0.3) is 5.91 Å². The van der Waals surface area contributed by atoms with Crippen LogP contribution in [-0.2, 0) is 20.9 Å². The predicted octanol–water partition coefficient (Wildman–Crippen LogP) is 2.43. The highest BCUT2D eigenvalue weighted by Crippen LogP contribution is 2.30. The van der Waals surface area contributed by atoms with Crippen molar-refractivity contribution >= 4 is 29.2 Å². The maximum atomic E-state index is 13.0. The zero-order chi connectivity index (χ0) is 26.4. The lowest BCUT2D eigenvalue weighted by Crippen LogP contribution is -2.55. The van der Waals surface area contributed by atoms with E-state index in [2.05, 4.69) is 15.1 Å². The molecule has 10 heteroatoms. The van der Waals surface area contributed by atoms with E-state index in [0.29, 0.717) is 30.1 Å². The summed E-state index contributed by atoms with van der Waals surface area (Å²) >= 11 is 6.26. The molecule has 1 aromatic carbocycles. The second-order valence-corrected chi connectivity index (χ2v) is 11.0. The van der Waals surface area contributed by atoms with Crippen molar-refractivity contribution in [3.63, 3.8) is 0 Å². The van der Waals surface area contributed by atoms with Gasteiger partial charge in [-0.25, -0.2) is 0 Å². The largest absolute Gasteiger partial charge is 0.461 e. The highest BCUT2D eigenvalue weighted by molar-refractivity contribution is 6.34. The van der Waals surface area contributed by atoms with Crippen molar-refractivity contribution in [1.82, 2.24) is 15.1 Å². The van der Waals surface area contributed by atoms with Crippen LogP contribution in [0.3, 0.4) is 0 Å². The van der Waals surface area contributed by atoms with Crippen molar-refractivity contribution in [1.29, 1.82) is 0 Å². The van der Waals surface area contributed by atoms with Gasteiger partial charge in [-0.15, -0.1) is 0 Å². The minimum atomic E-state index is -0.334. The topological polar surface area (TPSA) is 117 Å². The van der Waals surface area contributed by atoms with Gasteiger partial charge in [0.05, 0.1) is 29.3 Å². The van der Waals surface area contributed by atoms with Crippen molar-refractivity contribution in [2.75, 3.05) is 52.1 Å². The Balaban J connectivity index is 1.15. The van der Waals surface area contributed by atoms with Crippen LogP contribution >= 0.6 is 11.6 Å². The van der Waals surface area contributed by atoms with Gasteiger partial charge in [0.2, 0.25) is 0 Å². The van der Waals surface area contributed by atoms with Crippen LogP contribution in [0.5, 0.6) is 0 Å². The number of carbonyl (C=O) groups excluding carboxylic acids is 2. The van der Waals surface area contributed by atoms with Gasteiger partial charge in [-0.1, -0.05) is 18.0 Å². The summed E-state index contributed by atoms with van der Waals surface area (Å²) in [7, 11) is 1.66. The number of fused-ring (bicyclic) bond motifs is 3. The number of hydrogen-bond acceptors (Lipinski definition) is 8. The Morgan fingerprint density at radius 2 is 1.89 bits per heavy atom. The molecule has 37 heavy (non-hydrogen) atoms. The first-order valence-corrected chi connectivity index (χ1v) is 13.9. The molecule has 4 heterocycles. The van der Waals surface area contributed by atoms with E-state index in [1.807, 2.05) is 0 Å². The third-order valence-electron chi connectivity index (χ3n) is 8.09. The van der Waals surface area contributed by atoms with Crippen LogP contribution in [0.4, 0.5) is 5.69 Å².